The van der Waals surface area contributed by atoms with Crippen LogP contribution >= 0.6 is 15.9 Å². The molecule has 1 aromatic carbocycles. The van der Waals surface area contributed by atoms with Gasteiger partial charge in [0.25, 0.3) is 0 Å². The van der Waals surface area contributed by atoms with Gasteiger partial charge in [0.1, 0.15) is 17.7 Å². The van der Waals surface area contributed by atoms with Gasteiger partial charge in [-0.3, -0.25) is 4.90 Å². The molecule has 0 radical (unpaired) electrons. The van der Waals surface area contributed by atoms with Gasteiger partial charge >= 0.3 is 0 Å². The number of halogens is 2. The zero-order chi connectivity index (χ0) is 14.5. The van der Waals surface area contributed by atoms with E-state index in [1.165, 1.54) is 6.07 Å². The summed E-state index contributed by atoms with van der Waals surface area (Å²) in [7, 11) is 0. The van der Waals surface area contributed by atoms with Gasteiger partial charge in [-0.2, -0.15) is 0 Å². The number of hydrogen-bond acceptors (Lipinski definition) is 2. The number of fused-ring (bicyclic) bond motifs is 1. The average molecular weight is 344 g/mol. The molecule has 1 aliphatic rings. The molecule has 0 aliphatic carbocycles. The second-order valence-corrected chi connectivity index (χ2v) is 6.14. The summed E-state index contributed by atoms with van der Waals surface area (Å²) in [6, 6.07) is 5.41. The Morgan fingerprint density at radius 2 is 2.15 bits per heavy atom. The normalized spacial score (nSPS) is 17.6. The Kier molecular flexibility index (Phi) is 5.85. The van der Waals surface area contributed by atoms with Crippen molar-refractivity contribution in [2.24, 2.45) is 0 Å². The summed E-state index contributed by atoms with van der Waals surface area (Å²) in [5, 5.41) is 0.970. The highest BCUT2D eigenvalue weighted by atomic mass is 79.9. The van der Waals surface area contributed by atoms with Gasteiger partial charge in [0.15, 0.2) is 0 Å². The molecule has 2 nitrogen and oxygen atoms in total. The van der Waals surface area contributed by atoms with Crippen LogP contribution in [-0.4, -0.2) is 35.5 Å². The molecular weight excluding hydrogens is 321 g/mol. The molecule has 2 rings (SSSR count). The SMILES string of the molecule is CCC(CC)N(CCBr)CC1Cc2cc(F)ccc2O1. The summed E-state index contributed by atoms with van der Waals surface area (Å²) in [4.78, 5) is 2.49. The highest BCUT2D eigenvalue weighted by Gasteiger charge is 2.27. The summed E-state index contributed by atoms with van der Waals surface area (Å²) in [5.41, 5.74) is 0.998. The Hall–Kier alpha value is -0.610. The van der Waals surface area contributed by atoms with Gasteiger partial charge in [-0.05, 0) is 31.0 Å². The number of nitrogens with zero attached hydrogens (tertiary/aromatic N) is 1. The van der Waals surface area contributed by atoms with Crippen LogP contribution in [0.3, 0.4) is 0 Å². The van der Waals surface area contributed by atoms with Gasteiger partial charge in [-0.25, -0.2) is 4.39 Å². The summed E-state index contributed by atoms with van der Waals surface area (Å²) in [5.74, 6) is 0.671. The molecule has 1 unspecified atom stereocenters. The number of hydrogen-bond donors (Lipinski definition) is 0. The first kappa shape index (κ1) is 15.8. The van der Waals surface area contributed by atoms with Crippen molar-refractivity contribution in [1.29, 1.82) is 0 Å². The van der Waals surface area contributed by atoms with E-state index >= 15 is 0 Å². The van der Waals surface area contributed by atoms with Crippen molar-refractivity contribution < 1.29 is 9.13 Å². The number of benzene rings is 1. The van der Waals surface area contributed by atoms with Crippen molar-refractivity contribution in [3.05, 3.63) is 29.6 Å². The van der Waals surface area contributed by atoms with E-state index < -0.39 is 0 Å². The fourth-order valence-electron chi connectivity index (χ4n) is 2.99. The maximum atomic E-state index is 13.2. The zero-order valence-corrected chi connectivity index (χ0v) is 13.8. The lowest BCUT2D eigenvalue weighted by molar-refractivity contribution is 0.117. The van der Waals surface area contributed by atoms with E-state index in [0.29, 0.717) is 6.04 Å². The smallest absolute Gasteiger partial charge is 0.123 e. The van der Waals surface area contributed by atoms with Gasteiger partial charge in [0, 0.05) is 36.4 Å². The van der Waals surface area contributed by atoms with E-state index in [1.807, 2.05) is 0 Å². The monoisotopic (exact) mass is 343 g/mol. The lowest BCUT2D eigenvalue weighted by Gasteiger charge is -2.31. The van der Waals surface area contributed by atoms with Crippen LogP contribution in [0.25, 0.3) is 0 Å². The van der Waals surface area contributed by atoms with Crippen LogP contribution in [0.5, 0.6) is 5.75 Å². The molecule has 4 heteroatoms. The molecule has 0 saturated carbocycles. The Labute approximate surface area is 129 Å². The molecule has 0 saturated heterocycles. The largest absolute Gasteiger partial charge is 0.488 e. The number of ether oxygens (including phenoxy) is 1. The maximum absolute atomic E-state index is 13.2. The van der Waals surface area contributed by atoms with Crippen LogP contribution in [0.1, 0.15) is 32.3 Å². The minimum Gasteiger partial charge on any atom is -0.488 e. The minimum atomic E-state index is -0.176. The van der Waals surface area contributed by atoms with Crippen molar-refractivity contribution in [1.82, 2.24) is 4.90 Å². The van der Waals surface area contributed by atoms with Crippen LogP contribution in [0.2, 0.25) is 0 Å². The fourth-order valence-corrected chi connectivity index (χ4v) is 3.44. The van der Waals surface area contributed by atoms with E-state index in [0.717, 1.165) is 49.0 Å². The predicted molar refractivity (Wildman–Crippen MR) is 84.3 cm³/mol. The van der Waals surface area contributed by atoms with Gasteiger partial charge < -0.3 is 4.74 Å². The van der Waals surface area contributed by atoms with Crippen LogP contribution < -0.4 is 4.74 Å². The second kappa shape index (κ2) is 7.41. The van der Waals surface area contributed by atoms with E-state index in [-0.39, 0.29) is 11.9 Å². The third kappa shape index (κ3) is 3.73. The molecule has 0 amide bonds. The molecule has 1 atom stereocenters. The highest BCUT2D eigenvalue weighted by molar-refractivity contribution is 9.09. The lowest BCUT2D eigenvalue weighted by Crippen LogP contribution is -2.42. The van der Waals surface area contributed by atoms with Crippen molar-refractivity contribution in [3.8, 4) is 5.75 Å². The number of rotatable bonds is 7. The Morgan fingerprint density at radius 3 is 2.80 bits per heavy atom. The lowest BCUT2D eigenvalue weighted by atomic mass is 10.1. The molecular formula is C16H23BrFNO. The second-order valence-electron chi connectivity index (χ2n) is 5.35. The van der Waals surface area contributed by atoms with E-state index in [4.69, 9.17) is 4.74 Å². The summed E-state index contributed by atoms with van der Waals surface area (Å²) >= 11 is 3.53. The van der Waals surface area contributed by atoms with Gasteiger partial charge in [-0.1, -0.05) is 29.8 Å². The number of alkyl halides is 1. The molecule has 0 aromatic heterocycles. The third-order valence-corrected chi connectivity index (χ3v) is 4.39. The molecule has 0 spiro atoms. The summed E-state index contributed by atoms with van der Waals surface area (Å²) < 4.78 is 19.2. The molecule has 0 fully saturated rings. The quantitative estimate of drug-likeness (QED) is 0.693. The minimum absolute atomic E-state index is 0.145. The van der Waals surface area contributed by atoms with Crippen molar-refractivity contribution in [2.75, 3.05) is 18.4 Å². The Bertz CT molecular complexity index is 436. The molecule has 1 heterocycles. The van der Waals surface area contributed by atoms with Crippen molar-refractivity contribution >= 4 is 15.9 Å². The topological polar surface area (TPSA) is 12.5 Å². The van der Waals surface area contributed by atoms with Crippen LogP contribution in [0, 0.1) is 5.82 Å². The van der Waals surface area contributed by atoms with Crippen molar-refractivity contribution in [3.63, 3.8) is 0 Å². The molecule has 0 bridgehead atoms. The molecule has 1 aromatic rings. The van der Waals surface area contributed by atoms with Gasteiger partial charge in [0.05, 0.1) is 0 Å². The molecule has 0 N–H and O–H groups in total. The first-order valence-electron chi connectivity index (χ1n) is 7.43. The average Bonchev–Trinajstić information content (AvgIpc) is 2.81. The predicted octanol–water partition coefficient (Wildman–Crippen LogP) is 4.01. The zero-order valence-electron chi connectivity index (χ0n) is 12.2. The first-order valence-corrected chi connectivity index (χ1v) is 8.55. The van der Waals surface area contributed by atoms with Crippen LogP contribution in [0.15, 0.2) is 18.2 Å². The summed E-state index contributed by atoms with van der Waals surface area (Å²) in [6.07, 6.45) is 3.26. The van der Waals surface area contributed by atoms with E-state index in [9.17, 15) is 4.39 Å². The van der Waals surface area contributed by atoms with Gasteiger partial charge in [0.2, 0.25) is 0 Å². The highest BCUT2D eigenvalue weighted by Crippen LogP contribution is 2.30. The molecule has 1 aliphatic heterocycles. The maximum Gasteiger partial charge on any atom is 0.123 e. The fraction of sp³-hybridized carbons (Fsp3) is 0.625. The first-order chi connectivity index (χ1) is 9.67. The van der Waals surface area contributed by atoms with Crippen molar-refractivity contribution in [2.45, 2.75) is 45.3 Å². The van der Waals surface area contributed by atoms with E-state index in [1.54, 1.807) is 12.1 Å². The van der Waals surface area contributed by atoms with Gasteiger partial charge in [-0.15, -0.1) is 0 Å². The Balaban J connectivity index is 1.99. The molecule has 20 heavy (non-hydrogen) atoms. The Morgan fingerprint density at radius 1 is 1.40 bits per heavy atom. The van der Waals surface area contributed by atoms with Crippen LogP contribution in [0.4, 0.5) is 4.39 Å². The standard InChI is InChI=1S/C16H23BrFNO/c1-3-14(4-2)19(8-7-17)11-15-10-12-9-13(18)5-6-16(12)20-15/h5-6,9,14-15H,3-4,7-8,10-11H2,1-2H3. The summed E-state index contributed by atoms with van der Waals surface area (Å²) in [6.45, 7) is 6.40. The third-order valence-electron chi connectivity index (χ3n) is 4.03. The molecule has 112 valence electrons. The van der Waals surface area contributed by atoms with Crippen LogP contribution in [-0.2, 0) is 6.42 Å². The van der Waals surface area contributed by atoms with E-state index in [2.05, 4.69) is 34.7 Å².